The summed E-state index contributed by atoms with van der Waals surface area (Å²) in [5, 5.41) is 20.2. The number of hydrogen-bond donors (Lipinski definition) is 0. The summed E-state index contributed by atoms with van der Waals surface area (Å²) in [6, 6.07) is 0. The normalized spacial score (nSPS) is 15.8. The van der Waals surface area contributed by atoms with Gasteiger partial charge in [0.25, 0.3) is 0 Å². The largest absolute Gasteiger partial charge is 4.00 e. The summed E-state index contributed by atoms with van der Waals surface area (Å²) in [5.74, 6) is 0. The van der Waals surface area contributed by atoms with E-state index < -0.39 is 42.5 Å². The fourth-order valence-corrected chi connectivity index (χ4v) is 1.02. The van der Waals surface area contributed by atoms with Gasteiger partial charge in [-0.1, -0.05) is 41.5 Å². The molecule has 0 radical (unpaired) electrons. The van der Waals surface area contributed by atoms with Crippen LogP contribution in [-0.4, -0.2) is 74.6 Å². The van der Waals surface area contributed by atoms with Crippen molar-refractivity contribution in [2.24, 2.45) is 0 Å². The third-order valence-electron chi connectivity index (χ3n) is 2.22. The molecule has 37 heavy (non-hydrogen) atoms. The molecule has 2 saturated heterocycles. The first-order valence-corrected chi connectivity index (χ1v) is 12.9. The van der Waals surface area contributed by atoms with Crippen molar-refractivity contribution < 1.29 is 93.7 Å². The molecule has 224 valence electrons. The maximum absolute atomic E-state index is 10.7. The van der Waals surface area contributed by atoms with Crippen LogP contribution < -0.4 is 10.2 Å². The second kappa shape index (κ2) is 20.8. The van der Waals surface area contributed by atoms with Crippen LogP contribution in [-0.2, 0) is 51.4 Å². The van der Waals surface area contributed by atoms with Crippen molar-refractivity contribution in [2.45, 2.75) is 89.4 Å². The van der Waals surface area contributed by atoms with E-state index in [0.29, 0.717) is 0 Å². The van der Waals surface area contributed by atoms with Gasteiger partial charge in [-0.2, -0.15) is 26.3 Å². The standard InChI is InChI=1S/2C4H8O.2C4H9O.2CHF3O3S.Ti/c2*1-2-4-5-3-1;2*1-4(2,3)5;2*2-1(3,4)8(5,6)7;/h2*1-4H2;2*1-3H3;2*(H,5,6,7);/q;;2*-1;;;+4/p-2. The molecule has 0 aliphatic carbocycles. The van der Waals surface area contributed by atoms with E-state index in [9.17, 15) is 36.6 Å². The van der Waals surface area contributed by atoms with Crippen LogP contribution in [0.25, 0.3) is 0 Å². The average Bonchev–Trinajstić information content (AvgIpc) is 3.28. The molecule has 0 saturated carbocycles. The summed E-state index contributed by atoms with van der Waals surface area (Å²) in [4.78, 5) is 0. The van der Waals surface area contributed by atoms with Crippen molar-refractivity contribution in [1.29, 1.82) is 0 Å². The molecule has 0 atom stereocenters. The van der Waals surface area contributed by atoms with E-state index in [4.69, 9.17) is 35.4 Å². The van der Waals surface area contributed by atoms with Crippen molar-refractivity contribution in [3.63, 3.8) is 0 Å². The third-order valence-corrected chi connectivity index (χ3v) is 3.36. The molecule has 10 nitrogen and oxygen atoms in total. The zero-order valence-corrected chi connectivity index (χ0v) is 24.5. The van der Waals surface area contributed by atoms with E-state index in [0.717, 1.165) is 26.4 Å². The van der Waals surface area contributed by atoms with Crippen LogP contribution in [0.15, 0.2) is 0 Å². The number of ether oxygens (including phenoxy) is 2. The molecule has 2 rings (SSSR count). The predicted molar refractivity (Wildman–Crippen MR) is 111 cm³/mol. The molecule has 0 unspecified atom stereocenters. The summed E-state index contributed by atoms with van der Waals surface area (Å²) in [6.45, 7) is 13.8. The maximum atomic E-state index is 10.7. The Morgan fingerprint density at radius 2 is 0.649 bits per heavy atom. The van der Waals surface area contributed by atoms with Crippen molar-refractivity contribution in [3.8, 4) is 0 Å². The monoisotopic (exact) mass is 636 g/mol. The van der Waals surface area contributed by atoms with E-state index in [1.54, 1.807) is 41.5 Å². The van der Waals surface area contributed by atoms with Gasteiger partial charge in [-0.25, -0.2) is 16.8 Å². The first kappa shape index (κ1) is 46.8. The first-order chi connectivity index (χ1) is 15.5. The molecule has 2 aliphatic heterocycles. The van der Waals surface area contributed by atoms with Gasteiger partial charge in [-0.05, 0) is 25.7 Å². The van der Waals surface area contributed by atoms with Crippen LogP contribution in [0.5, 0.6) is 0 Å². The van der Waals surface area contributed by atoms with E-state index in [-0.39, 0.29) is 21.7 Å². The van der Waals surface area contributed by atoms with Crippen LogP contribution in [0.3, 0.4) is 0 Å². The summed E-state index contributed by atoms with van der Waals surface area (Å²) in [6.07, 6.45) is 5.11. The second-order valence-electron chi connectivity index (χ2n) is 8.66. The second-order valence-corrected chi connectivity index (χ2v) is 11.4. The minimum Gasteiger partial charge on any atom is -0.850 e. The third kappa shape index (κ3) is 53.0. The van der Waals surface area contributed by atoms with Gasteiger partial charge in [0, 0.05) is 26.4 Å². The molecule has 19 heteroatoms. The number of halogens is 6. The van der Waals surface area contributed by atoms with Crippen molar-refractivity contribution >= 4 is 20.2 Å². The van der Waals surface area contributed by atoms with E-state index in [1.165, 1.54) is 25.7 Å². The van der Waals surface area contributed by atoms with Crippen LogP contribution in [0.1, 0.15) is 67.2 Å². The molecule has 2 heterocycles. The number of rotatable bonds is 0. The zero-order chi connectivity index (χ0) is 30.1. The minimum atomic E-state index is -6.09. The van der Waals surface area contributed by atoms with Crippen molar-refractivity contribution in [3.05, 3.63) is 0 Å². The Labute approximate surface area is 229 Å². The molecule has 2 aliphatic rings. The van der Waals surface area contributed by atoms with Crippen LogP contribution in [0.2, 0.25) is 0 Å². The van der Waals surface area contributed by atoms with Crippen LogP contribution >= 0.6 is 0 Å². The van der Waals surface area contributed by atoms with Crippen LogP contribution in [0, 0.1) is 0 Å². The molecule has 0 aromatic rings. The smallest absolute Gasteiger partial charge is 0.850 e. The predicted octanol–water partition coefficient (Wildman–Crippen LogP) is 1.98. The van der Waals surface area contributed by atoms with Gasteiger partial charge < -0.3 is 28.8 Å². The fraction of sp³-hybridized carbons (Fsp3) is 1.00. The van der Waals surface area contributed by atoms with E-state index in [2.05, 4.69) is 0 Å². The molecule has 0 amide bonds. The van der Waals surface area contributed by atoms with Crippen molar-refractivity contribution in [2.75, 3.05) is 26.4 Å². The summed E-state index contributed by atoms with van der Waals surface area (Å²) < 4.78 is 128. The topological polar surface area (TPSA) is 179 Å². The maximum Gasteiger partial charge on any atom is 4.00 e. The molecule has 0 aromatic carbocycles. The van der Waals surface area contributed by atoms with Crippen molar-refractivity contribution in [1.82, 2.24) is 0 Å². The summed E-state index contributed by atoms with van der Waals surface area (Å²) in [7, 11) is -12.2. The Bertz CT molecular complexity index is 646. The molecular weight excluding hydrogens is 602 g/mol. The molecule has 0 N–H and O–H groups in total. The Kier molecular flexibility index (Phi) is 26.3. The van der Waals surface area contributed by atoms with Crippen LogP contribution in [0.4, 0.5) is 26.3 Å². The molecule has 0 aromatic heterocycles. The van der Waals surface area contributed by atoms with Gasteiger partial charge in [0.15, 0.2) is 20.2 Å². The minimum absolute atomic E-state index is 0. The van der Waals surface area contributed by atoms with E-state index >= 15 is 0 Å². The molecule has 0 bridgehead atoms. The molecule has 0 spiro atoms. The zero-order valence-electron chi connectivity index (χ0n) is 21.3. The Morgan fingerprint density at radius 3 is 0.676 bits per heavy atom. The fourth-order valence-electron chi connectivity index (χ4n) is 1.02. The molecular formula is C18H34F6O10S2Ti. The van der Waals surface area contributed by atoms with Gasteiger partial charge in [0.1, 0.15) is 0 Å². The van der Waals surface area contributed by atoms with Gasteiger partial charge in [-0.3, -0.25) is 0 Å². The van der Waals surface area contributed by atoms with Gasteiger partial charge in [0.2, 0.25) is 0 Å². The Balaban J connectivity index is -0.000000111. The van der Waals surface area contributed by atoms with E-state index in [1.807, 2.05) is 0 Å². The number of hydrogen-bond acceptors (Lipinski definition) is 10. The quantitative estimate of drug-likeness (QED) is 0.165. The van der Waals surface area contributed by atoms with Gasteiger partial charge in [-0.15, -0.1) is 11.2 Å². The number of alkyl halides is 6. The molecule has 2 fully saturated rings. The average molecular weight is 636 g/mol. The van der Waals surface area contributed by atoms with Gasteiger partial charge in [0.05, 0.1) is 0 Å². The Hall–Kier alpha value is -0.0457. The van der Waals surface area contributed by atoms with Gasteiger partial charge >= 0.3 is 32.7 Å². The summed E-state index contributed by atoms with van der Waals surface area (Å²) >= 11 is 0. The SMILES string of the molecule is C1CCOC1.C1CCOC1.CC(C)(C)[O-].CC(C)(C)[O-].O=S(=O)([O-])C(F)(F)F.O=S(=O)([O-])C(F)(F)F.[Ti+4]. The Morgan fingerprint density at radius 1 is 0.541 bits per heavy atom. The first-order valence-electron chi connectivity index (χ1n) is 10.1. The summed E-state index contributed by atoms with van der Waals surface area (Å²) in [5.41, 5.74) is -12.8.